The number of hydrogen-bond donors (Lipinski definition) is 1. The lowest BCUT2D eigenvalue weighted by atomic mass is 9.92. The summed E-state index contributed by atoms with van der Waals surface area (Å²) in [6.45, 7) is 5.14. The zero-order valence-corrected chi connectivity index (χ0v) is 11.7. The summed E-state index contributed by atoms with van der Waals surface area (Å²) in [5, 5.41) is 11.7. The van der Waals surface area contributed by atoms with E-state index >= 15 is 0 Å². The van der Waals surface area contributed by atoms with Crippen LogP contribution in [0.25, 0.3) is 11.4 Å². The maximum absolute atomic E-state index is 14.0. The van der Waals surface area contributed by atoms with Crippen molar-refractivity contribution in [3.63, 3.8) is 0 Å². The van der Waals surface area contributed by atoms with Crippen LogP contribution >= 0.6 is 0 Å². The predicted octanol–water partition coefficient (Wildman–Crippen LogP) is 2.50. The first-order chi connectivity index (χ1) is 9.52. The quantitative estimate of drug-likeness (QED) is 0.870. The van der Waals surface area contributed by atoms with Crippen LogP contribution in [0.4, 0.5) is 10.1 Å². The first-order valence-corrected chi connectivity index (χ1v) is 6.83. The summed E-state index contributed by atoms with van der Waals surface area (Å²) in [5.74, 6) is 0.650. The topological polar surface area (TPSA) is 69.6 Å². The van der Waals surface area contributed by atoms with E-state index in [9.17, 15) is 4.39 Å². The molecule has 20 heavy (non-hydrogen) atoms. The first kappa shape index (κ1) is 13.0. The Labute approximate surface area is 117 Å². The van der Waals surface area contributed by atoms with Gasteiger partial charge in [0.1, 0.15) is 5.82 Å². The standard InChI is InChI=1S/C14H18FN5/c1-9(2)14(5-6-14)8-20-13(17-18-19-20)11-7-10(16)3-4-12(11)15/h3-4,7,9H,5-6,8,16H2,1-2H3. The van der Waals surface area contributed by atoms with Crippen LogP contribution in [0.1, 0.15) is 26.7 Å². The van der Waals surface area contributed by atoms with E-state index < -0.39 is 0 Å². The third kappa shape index (κ3) is 2.15. The molecule has 106 valence electrons. The summed E-state index contributed by atoms with van der Waals surface area (Å²) in [6, 6.07) is 4.45. The van der Waals surface area contributed by atoms with Crippen molar-refractivity contribution in [3.8, 4) is 11.4 Å². The Morgan fingerprint density at radius 3 is 2.80 bits per heavy atom. The van der Waals surface area contributed by atoms with E-state index in [1.54, 1.807) is 10.7 Å². The van der Waals surface area contributed by atoms with Gasteiger partial charge in [-0.3, -0.25) is 0 Å². The maximum Gasteiger partial charge on any atom is 0.185 e. The van der Waals surface area contributed by atoms with Gasteiger partial charge in [-0.15, -0.1) is 5.10 Å². The Balaban J connectivity index is 1.96. The van der Waals surface area contributed by atoms with Crippen LogP contribution in [-0.4, -0.2) is 20.2 Å². The molecular formula is C14H18FN5. The van der Waals surface area contributed by atoms with Crippen molar-refractivity contribution < 1.29 is 4.39 Å². The molecule has 3 rings (SSSR count). The molecule has 1 aliphatic rings. The monoisotopic (exact) mass is 275 g/mol. The Bertz CT molecular complexity index is 630. The third-order valence-corrected chi connectivity index (χ3v) is 4.34. The number of nitrogen functional groups attached to an aromatic ring is 1. The Kier molecular flexibility index (Phi) is 2.96. The lowest BCUT2D eigenvalue weighted by Gasteiger charge is -2.19. The molecule has 0 atom stereocenters. The molecule has 1 heterocycles. The molecule has 0 bridgehead atoms. The summed E-state index contributed by atoms with van der Waals surface area (Å²) >= 11 is 0. The van der Waals surface area contributed by atoms with Crippen LogP contribution in [0.5, 0.6) is 0 Å². The minimum Gasteiger partial charge on any atom is -0.399 e. The SMILES string of the molecule is CC(C)C1(Cn2nnnc2-c2cc(N)ccc2F)CC1. The number of aromatic nitrogens is 4. The third-order valence-electron chi connectivity index (χ3n) is 4.34. The van der Waals surface area contributed by atoms with E-state index in [2.05, 4.69) is 29.4 Å². The summed E-state index contributed by atoms with van der Waals surface area (Å²) in [6.07, 6.45) is 2.34. The molecule has 6 heteroatoms. The van der Waals surface area contributed by atoms with Crippen molar-refractivity contribution in [3.05, 3.63) is 24.0 Å². The second-order valence-corrected chi connectivity index (χ2v) is 5.92. The smallest absolute Gasteiger partial charge is 0.185 e. The van der Waals surface area contributed by atoms with Gasteiger partial charge in [0, 0.05) is 5.69 Å². The summed E-state index contributed by atoms with van der Waals surface area (Å²) in [5.41, 5.74) is 6.83. The Morgan fingerprint density at radius 1 is 1.40 bits per heavy atom. The normalized spacial score (nSPS) is 16.6. The fraction of sp³-hybridized carbons (Fsp3) is 0.500. The van der Waals surface area contributed by atoms with Gasteiger partial charge in [0.05, 0.1) is 12.1 Å². The number of nitrogens with zero attached hydrogens (tertiary/aromatic N) is 4. The molecule has 0 unspecified atom stereocenters. The maximum atomic E-state index is 14.0. The molecule has 0 radical (unpaired) electrons. The molecular weight excluding hydrogens is 257 g/mol. The summed E-state index contributed by atoms with van der Waals surface area (Å²) in [7, 11) is 0. The van der Waals surface area contributed by atoms with Gasteiger partial charge in [0.2, 0.25) is 0 Å². The van der Waals surface area contributed by atoms with Gasteiger partial charge in [0.25, 0.3) is 0 Å². The van der Waals surface area contributed by atoms with Crippen LogP contribution in [0.3, 0.4) is 0 Å². The first-order valence-electron chi connectivity index (χ1n) is 6.83. The molecule has 0 spiro atoms. The van der Waals surface area contributed by atoms with Crippen LogP contribution in [-0.2, 0) is 6.54 Å². The van der Waals surface area contributed by atoms with Crippen molar-refractivity contribution in [2.24, 2.45) is 11.3 Å². The van der Waals surface area contributed by atoms with Gasteiger partial charge in [0.15, 0.2) is 5.82 Å². The molecule has 1 aliphatic carbocycles. The van der Waals surface area contributed by atoms with E-state index in [0.29, 0.717) is 23.0 Å². The summed E-state index contributed by atoms with van der Waals surface area (Å²) < 4.78 is 15.7. The highest BCUT2D eigenvalue weighted by Gasteiger charge is 2.46. The number of benzene rings is 1. The molecule has 1 saturated carbocycles. The van der Waals surface area contributed by atoms with Gasteiger partial charge in [-0.2, -0.15) is 0 Å². The average Bonchev–Trinajstić information content (AvgIpc) is 3.05. The van der Waals surface area contributed by atoms with E-state index in [1.807, 2.05) is 0 Å². The minimum atomic E-state index is -0.357. The summed E-state index contributed by atoms with van der Waals surface area (Å²) in [4.78, 5) is 0. The van der Waals surface area contributed by atoms with Crippen molar-refractivity contribution >= 4 is 5.69 Å². The number of rotatable bonds is 4. The van der Waals surface area contributed by atoms with Gasteiger partial charge < -0.3 is 5.73 Å². The minimum absolute atomic E-state index is 0.251. The number of nitrogens with two attached hydrogens (primary N) is 1. The van der Waals surface area contributed by atoms with E-state index in [0.717, 1.165) is 6.54 Å². The van der Waals surface area contributed by atoms with E-state index in [1.165, 1.54) is 25.0 Å². The number of anilines is 1. The second-order valence-electron chi connectivity index (χ2n) is 5.92. The molecule has 1 aromatic carbocycles. The van der Waals surface area contributed by atoms with Crippen molar-refractivity contribution in [1.29, 1.82) is 0 Å². The fourth-order valence-corrected chi connectivity index (χ4v) is 2.60. The Hall–Kier alpha value is -1.98. The average molecular weight is 275 g/mol. The van der Waals surface area contributed by atoms with Crippen LogP contribution in [0, 0.1) is 17.2 Å². The van der Waals surface area contributed by atoms with Gasteiger partial charge in [-0.25, -0.2) is 9.07 Å². The predicted molar refractivity (Wildman–Crippen MR) is 74.1 cm³/mol. The van der Waals surface area contributed by atoms with Crippen LogP contribution in [0.15, 0.2) is 18.2 Å². The van der Waals surface area contributed by atoms with E-state index in [4.69, 9.17) is 5.73 Å². The van der Waals surface area contributed by atoms with Gasteiger partial charge in [-0.1, -0.05) is 13.8 Å². The zero-order valence-electron chi connectivity index (χ0n) is 11.7. The fourth-order valence-electron chi connectivity index (χ4n) is 2.60. The molecule has 0 aliphatic heterocycles. The highest BCUT2D eigenvalue weighted by molar-refractivity contribution is 5.61. The molecule has 2 N–H and O–H groups in total. The van der Waals surface area contributed by atoms with Crippen LogP contribution in [0.2, 0.25) is 0 Å². The van der Waals surface area contributed by atoms with Crippen molar-refractivity contribution in [1.82, 2.24) is 20.2 Å². The molecule has 1 aromatic heterocycles. The number of tetrazole rings is 1. The molecule has 1 fully saturated rings. The molecule has 5 nitrogen and oxygen atoms in total. The number of halogens is 1. The number of hydrogen-bond acceptors (Lipinski definition) is 4. The molecule has 0 saturated heterocycles. The van der Waals surface area contributed by atoms with Crippen molar-refractivity contribution in [2.45, 2.75) is 33.2 Å². The van der Waals surface area contributed by atoms with Gasteiger partial charge in [-0.05, 0) is 52.8 Å². The molecule has 2 aromatic rings. The Morgan fingerprint density at radius 2 is 2.15 bits per heavy atom. The largest absolute Gasteiger partial charge is 0.399 e. The highest BCUT2D eigenvalue weighted by atomic mass is 19.1. The zero-order chi connectivity index (χ0) is 14.3. The van der Waals surface area contributed by atoms with E-state index in [-0.39, 0.29) is 11.2 Å². The second kappa shape index (κ2) is 4.54. The molecule has 0 amide bonds. The van der Waals surface area contributed by atoms with Crippen LogP contribution < -0.4 is 5.73 Å². The lowest BCUT2D eigenvalue weighted by molar-refractivity contribution is 0.294. The lowest BCUT2D eigenvalue weighted by Crippen LogP contribution is -2.19. The van der Waals surface area contributed by atoms with Crippen molar-refractivity contribution in [2.75, 3.05) is 5.73 Å². The van der Waals surface area contributed by atoms with Gasteiger partial charge >= 0.3 is 0 Å². The highest BCUT2D eigenvalue weighted by Crippen LogP contribution is 2.53.